The molecule has 2 rings (SSSR count). The van der Waals surface area contributed by atoms with Gasteiger partial charge in [-0.05, 0) is 61.3 Å². The van der Waals surface area contributed by atoms with E-state index in [0.29, 0.717) is 0 Å². The van der Waals surface area contributed by atoms with Crippen molar-refractivity contribution in [1.29, 1.82) is 0 Å². The van der Waals surface area contributed by atoms with Crippen molar-refractivity contribution in [2.24, 2.45) is 0 Å². The molecule has 0 aliphatic carbocycles. The van der Waals surface area contributed by atoms with Crippen LogP contribution >= 0.6 is 15.9 Å². The number of hydrogen-bond donors (Lipinski definition) is 1. The largest absolute Gasteiger partial charge is 0.494 e. The maximum absolute atomic E-state index is 5.76. The first-order chi connectivity index (χ1) is 10.3. The van der Waals surface area contributed by atoms with Crippen LogP contribution in [0.15, 0.2) is 53.0 Å². The van der Waals surface area contributed by atoms with Crippen LogP contribution < -0.4 is 10.1 Å². The number of ether oxygens (including phenoxy) is 1. The third-order valence-electron chi connectivity index (χ3n) is 3.30. The lowest BCUT2D eigenvalue weighted by atomic mass is 10.1. The number of rotatable bonds is 8. The molecule has 0 saturated heterocycles. The van der Waals surface area contributed by atoms with Gasteiger partial charge in [0.05, 0.1) is 6.61 Å². The second kappa shape index (κ2) is 8.85. The molecule has 3 heteroatoms. The van der Waals surface area contributed by atoms with E-state index in [1.807, 2.05) is 12.1 Å². The van der Waals surface area contributed by atoms with E-state index in [-0.39, 0.29) is 0 Å². The molecule has 0 aliphatic rings. The van der Waals surface area contributed by atoms with Crippen LogP contribution in [0.2, 0.25) is 0 Å². The van der Waals surface area contributed by atoms with Gasteiger partial charge in [0.1, 0.15) is 5.75 Å². The molecule has 0 atom stereocenters. The summed E-state index contributed by atoms with van der Waals surface area (Å²) in [7, 11) is 0. The SMILES string of the molecule is CCNCCCCOc1ccc(-c2ccc(Br)cc2)cc1. The highest BCUT2D eigenvalue weighted by atomic mass is 79.9. The normalized spacial score (nSPS) is 10.6. The minimum atomic E-state index is 0.781. The van der Waals surface area contributed by atoms with Gasteiger partial charge in [-0.2, -0.15) is 0 Å². The number of halogens is 1. The third kappa shape index (κ3) is 5.52. The summed E-state index contributed by atoms with van der Waals surface area (Å²) in [6.07, 6.45) is 2.24. The zero-order valence-electron chi connectivity index (χ0n) is 12.4. The van der Waals surface area contributed by atoms with Crippen LogP contribution in [-0.4, -0.2) is 19.7 Å². The molecule has 0 spiro atoms. The van der Waals surface area contributed by atoms with Crippen molar-refractivity contribution >= 4 is 15.9 Å². The Morgan fingerprint density at radius 1 is 0.905 bits per heavy atom. The van der Waals surface area contributed by atoms with Crippen LogP contribution in [0.3, 0.4) is 0 Å². The second-order valence-electron chi connectivity index (χ2n) is 4.94. The summed E-state index contributed by atoms with van der Waals surface area (Å²) in [5.74, 6) is 0.944. The number of benzene rings is 2. The first-order valence-corrected chi connectivity index (χ1v) is 8.28. The lowest BCUT2D eigenvalue weighted by Gasteiger charge is -2.08. The number of unbranched alkanes of at least 4 members (excludes halogenated alkanes) is 1. The summed E-state index contributed by atoms with van der Waals surface area (Å²) in [4.78, 5) is 0. The van der Waals surface area contributed by atoms with Gasteiger partial charge in [-0.3, -0.25) is 0 Å². The van der Waals surface area contributed by atoms with Gasteiger partial charge in [0.2, 0.25) is 0 Å². The van der Waals surface area contributed by atoms with Crippen molar-refractivity contribution in [2.45, 2.75) is 19.8 Å². The molecule has 0 fully saturated rings. The quantitative estimate of drug-likeness (QED) is 0.686. The third-order valence-corrected chi connectivity index (χ3v) is 3.83. The fourth-order valence-corrected chi connectivity index (χ4v) is 2.37. The van der Waals surface area contributed by atoms with E-state index < -0.39 is 0 Å². The van der Waals surface area contributed by atoms with Gasteiger partial charge < -0.3 is 10.1 Å². The van der Waals surface area contributed by atoms with Gasteiger partial charge in [-0.1, -0.05) is 47.1 Å². The Kier molecular flexibility index (Phi) is 6.77. The zero-order chi connectivity index (χ0) is 14.9. The topological polar surface area (TPSA) is 21.3 Å². The summed E-state index contributed by atoms with van der Waals surface area (Å²) >= 11 is 3.46. The first-order valence-electron chi connectivity index (χ1n) is 7.49. The van der Waals surface area contributed by atoms with Crippen LogP contribution in [0, 0.1) is 0 Å². The molecule has 0 radical (unpaired) electrons. The Hall–Kier alpha value is -1.32. The summed E-state index contributed by atoms with van der Waals surface area (Å²) in [5, 5.41) is 3.32. The Morgan fingerprint density at radius 2 is 1.52 bits per heavy atom. The van der Waals surface area contributed by atoms with Crippen molar-refractivity contribution < 1.29 is 4.74 Å². The Morgan fingerprint density at radius 3 is 2.14 bits per heavy atom. The average molecular weight is 348 g/mol. The molecule has 21 heavy (non-hydrogen) atoms. The van der Waals surface area contributed by atoms with Gasteiger partial charge >= 0.3 is 0 Å². The lowest BCUT2D eigenvalue weighted by Crippen LogP contribution is -2.14. The molecule has 0 heterocycles. The fraction of sp³-hybridized carbons (Fsp3) is 0.333. The Labute approximate surface area is 135 Å². The highest BCUT2D eigenvalue weighted by molar-refractivity contribution is 9.10. The molecule has 0 saturated carbocycles. The summed E-state index contributed by atoms with van der Waals surface area (Å²) < 4.78 is 6.86. The number of nitrogens with one attached hydrogen (secondary N) is 1. The molecular weight excluding hydrogens is 326 g/mol. The predicted molar refractivity (Wildman–Crippen MR) is 92.9 cm³/mol. The van der Waals surface area contributed by atoms with E-state index in [1.54, 1.807) is 0 Å². The van der Waals surface area contributed by atoms with Gasteiger partial charge in [0, 0.05) is 4.47 Å². The van der Waals surface area contributed by atoms with E-state index in [0.717, 1.165) is 42.8 Å². The lowest BCUT2D eigenvalue weighted by molar-refractivity contribution is 0.306. The van der Waals surface area contributed by atoms with Crippen LogP contribution in [0.25, 0.3) is 11.1 Å². The van der Waals surface area contributed by atoms with E-state index >= 15 is 0 Å². The van der Waals surface area contributed by atoms with Crippen molar-refractivity contribution in [3.05, 3.63) is 53.0 Å². The fourth-order valence-electron chi connectivity index (χ4n) is 2.10. The first kappa shape index (κ1) is 16.1. The minimum Gasteiger partial charge on any atom is -0.494 e. The molecular formula is C18H22BrNO. The van der Waals surface area contributed by atoms with Crippen LogP contribution in [-0.2, 0) is 0 Å². The van der Waals surface area contributed by atoms with Gasteiger partial charge in [-0.15, -0.1) is 0 Å². The van der Waals surface area contributed by atoms with E-state index in [1.165, 1.54) is 11.1 Å². The van der Waals surface area contributed by atoms with Gasteiger partial charge in [-0.25, -0.2) is 0 Å². The maximum atomic E-state index is 5.76. The van der Waals surface area contributed by atoms with Crippen molar-refractivity contribution in [3.63, 3.8) is 0 Å². The van der Waals surface area contributed by atoms with Gasteiger partial charge in [0.25, 0.3) is 0 Å². The monoisotopic (exact) mass is 347 g/mol. The van der Waals surface area contributed by atoms with E-state index in [4.69, 9.17) is 4.74 Å². The molecule has 0 aromatic heterocycles. The minimum absolute atomic E-state index is 0.781. The van der Waals surface area contributed by atoms with Crippen molar-refractivity contribution in [2.75, 3.05) is 19.7 Å². The molecule has 2 aromatic rings. The maximum Gasteiger partial charge on any atom is 0.119 e. The van der Waals surface area contributed by atoms with E-state index in [2.05, 4.69) is 64.6 Å². The van der Waals surface area contributed by atoms with Crippen molar-refractivity contribution in [1.82, 2.24) is 5.32 Å². The van der Waals surface area contributed by atoms with Crippen LogP contribution in [0.1, 0.15) is 19.8 Å². The zero-order valence-corrected chi connectivity index (χ0v) is 14.0. The Balaban J connectivity index is 1.80. The number of hydrogen-bond acceptors (Lipinski definition) is 2. The molecule has 2 aromatic carbocycles. The predicted octanol–water partition coefficient (Wildman–Crippen LogP) is 4.88. The molecule has 0 bridgehead atoms. The highest BCUT2D eigenvalue weighted by Gasteiger charge is 1.99. The molecule has 0 unspecified atom stereocenters. The summed E-state index contributed by atoms with van der Waals surface area (Å²) in [6, 6.07) is 16.6. The standard InChI is InChI=1S/C18H22BrNO/c1-2-20-13-3-4-14-21-18-11-7-16(8-12-18)15-5-9-17(19)10-6-15/h5-12,20H,2-4,13-14H2,1H3. The Bertz CT molecular complexity index is 522. The molecule has 2 nitrogen and oxygen atoms in total. The van der Waals surface area contributed by atoms with Crippen molar-refractivity contribution in [3.8, 4) is 16.9 Å². The summed E-state index contributed by atoms with van der Waals surface area (Å²) in [5.41, 5.74) is 2.43. The molecule has 0 aliphatic heterocycles. The van der Waals surface area contributed by atoms with Crippen LogP contribution in [0.5, 0.6) is 5.75 Å². The molecule has 1 N–H and O–H groups in total. The molecule has 112 valence electrons. The molecule has 0 amide bonds. The average Bonchev–Trinajstić information content (AvgIpc) is 2.52. The summed E-state index contributed by atoms with van der Waals surface area (Å²) in [6.45, 7) is 5.02. The highest BCUT2D eigenvalue weighted by Crippen LogP contribution is 2.24. The second-order valence-corrected chi connectivity index (χ2v) is 5.86. The smallest absolute Gasteiger partial charge is 0.119 e. The van der Waals surface area contributed by atoms with Gasteiger partial charge in [0.15, 0.2) is 0 Å². The van der Waals surface area contributed by atoms with E-state index in [9.17, 15) is 0 Å². The van der Waals surface area contributed by atoms with Crippen LogP contribution in [0.4, 0.5) is 0 Å².